The predicted octanol–water partition coefficient (Wildman–Crippen LogP) is 4.01. The van der Waals surface area contributed by atoms with E-state index in [0.717, 1.165) is 29.0 Å². The number of pyridine rings is 1. The minimum Gasteiger partial charge on any atom is -0.478 e. The molecule has 3 nitrogen and oxygen atoms in total. The van der Waals surface area contributed by atoms with Gasteiger partial charge in [-0.1, -0.05) is 31.5 Å². The maximum atomic E-state index is 11.4. The van der Waals surface area contributed by atoms with Gasteiger partial charge in [0.1, 0.15) is 0 Å². The molecule has 0 aliphatic carbocycles. The van der Waals surface area contributed by atoms with Crippen molar-refractivity contribution < 1.29 is 9.90 Å². The normalized spacial score (nSPS) is 12.7. The lowest BCUT2D eigenvalue weighted by Crippen LogP contribution is -2.10. The van der Waals surface area contributed by atoms with Crippen LogP contribution in [0.15, 0.2) is 35.2 Å². The number of nitrogens with zero attached hydrogens (tertiary/aromatic N) is 1. The van der Waals surface area contributed by atoms with Gasteiger partial charge in [0, 0.05) is 16.2 Å². The Balaban J connectivity index is 2.20. The third kappa shape index (κ3) is 2.20. The molecule has 20 heavy (non-hydrogen) atoms. The molecule has 4 heteroatoms. The first kappa shape index (κ1) is 13.2. The fraction of sp³-hybridized carbons (Fsp3) is 0.250. The van der Waals surface area contributed by atoms with Crippen LogP contribution in [-0.4, -0.2) is 16.1 Å². The first-order valence-corrected chi connectivity index (χ1v) is 7.67. The van der Waals surface area contributed by atoms with Gasteiger partial charge in [0.15, 0.2) is 0 Å². The van der Waals surface area contributed by atoms with Gasteiger partial charge in [0.05, 0.1) is 17.0 Å². The highest BCUT2D eigenvalue weighted by atomic mass is 32.2. The van der Waals surface area contributed by atoms with Crippen molar-refractivity contribution in [2.24, 2.45) is 0 Å². The topological polar surface area (TPSA) is 50.2 Å². The molecule has 0 atom stereocenters. The Morgan fingerprint density at radius 2 is 2.20 bits per heavy atom. The number of hydrogen-bond donors (Lipinski definition) is 1. The summed E-state index contributed by atoms with van der Waals surface area (Å²) in [4.78, 5) is 17.3. The summed E-state index contributed by atoms with van der Waals surface area (Å²) in [5, 5.41) is 9.34. The molecule has 1 N–H and O–H groups in total. The quantitative estimate of drug-likeness (QED) is 0.926. The van der Waals surface area contributed by atoms with Crippen LogP contribution in [0, 0.1) is 0 Å². The van der Waals surface area contributed by atoms with Gasteiger partial charge in [-0.15, -0.1) is 11.8 Å². The fourth-order valence-corrected chi connectivity index (χ4v) is 3.52. The molecule has 1 aliphatic rings. The molecule has 0 spiro atoms. The van der Waals surface area contributed by atoms with Crippen LogP contribution in [0.3, 0.4) is 0 Å². The Hall–Kier alpha value is -1.81. The highest BCUT2D eigenvalue weighted by Gasteiger charge is 2.22. The van der Waals surface area contributed by atoms with Crippen LogP contribution in [0.5, 0.6) is 0 Å². The van der Waals surface area contributed by atoms with Crippen LogP contribution in [-0.2, 0) is 12.2 Å². The maximum absolute atomic E-state index is 11.4. The van der Waals surface area contributed by atoms with Crippen LogP contribution in [0.4, 0.5) is 0 Å². The van der Waals surface area contributed by atoms with Crippen molar-refractivity contribution in [2.45, 2.75) is 30.4 Å². The lowest BCUT2D eigenvalue weighted by atomic mass is 10.0. The van der Waals surface area contributed by atoms with Crippen molar-refractivity contribution in [3.8, 4) is 11.3 Å². The smallest absolute Gasteiger partial charge is 0.337 e. The molecule has 0 fully saturated rings. The van der Waals surface area contributed by atoms with Crippen molar-refractivity contribution >= 4 is 17.7 Å². The summed E-state index contributed by atoms with van der Waals surface area (Å²) in [6.45, 7) is 2.04. The Morgan fingerprint density at radius 1 is 1.40 bits per heavy atom. The van der Waals surface area contributed by atoms with Crippen LogP contribution in [0.1, 0.15) is 35.0 Å². The van der Waals surface area contributed by atoms with E-state index >= 15 is 0 Å². The lowest BCUT2D eigenvalue weighted by molar-refractivity contribution is 0.0695. The number of carboxylic acids is 1. The molecule has 0 radical (unpaired) electrons. The van der Waals surface area contributed by atoms with E-state index in [2.05, 4.69) is 17.1 Å². The fourth-order valence-electron chi connectivity index (χ4n) is 2.49. The summed E-state index contributed by atoms with van der Waals surface area (Å²) < 4.78 is 0. The lowest BCUT2D eigenvalue weighted by Gasteiger charge is -2.20. The Kier molecular flexibility index (Phi) is 3.49. The molecule has 3 rings (SSSR count). The zero-order chi connectivity index (χ0) is 14.1. The number of aromatic nitrogens is 1. The van der Waals surface area contributed by atoms with E-state index in [9.17, 15) is 9.90 Å². The van der Waals surface area contributed by atoms with Crippen LogP contribution < -0.4 is 0 Å². The summed E-state index contributed by atoms with van der Waals surface area (Å²) in [6.07, 6.45) is 1.59. The van der Waals surface area contributed by atoms with Crippen molar-refractivity contribution in [3.63, 3.8) is 0 Å². The van der Waals surface area contributed by atoms with E-state index in [4.69, 9.17) is 0 Å². The monoisotopic (exact) mass is 285 g/mol. The standard InChI is InChI=1S/C16H15NO2S/c1-2-5-13-12(16(18)19)8-10-9-20-14-7-4-3-6-11(14)15(10)17-13/h3-4,6-8H,2,5,9H2,1H3,(H,18,19). The first-order valence-electron chi connectivity index (χ1n) is 6.69. The Morgan fingerprint density at radius 3 is 2.95 bits per heavy atom. The second kappa shape index (κ2) is 5.29. The molecule has 0 saturated carbocycles. The van der Waals surface area contributed by atoms with Gasteiger partial charge in [0.2, 0.25) is 0 Å². The number of aryl methyl sites for hydroxylation is 1. The number of thioether (sulfide) groups is 1. The van der Waals surface area contributed by atoms with E-state index in [1.807, 2.05) is 19.1 Å². The molecule has 2 heterocycles. The highest BCUT2D eigenvalue weighted by molar-refractivity contribution is 7.98. The van der Waals surface area contributed by atoms with Crippen molar-refractivity contribution in [2.75, 3.05) is 0 Å². The number of benzene rings is 1. The largest absolute Gasteiger partial charge is 0.478 e. The molecule has 2 aromatic rings. The summed E-state index contributed by atoms with van der Waals surface area (Å²) in [5.74, 6) is -0.0981. The molecule has 0 saturated heterocycles. The number of fused-ring (bicyclic) bond motifs is 3. The molecule has 0 bridgehead atoms. The van der Waals surface area contributed by atoms with Gasteiger partial charge >= 0.3 is 5.97 Å². The minimum absolute atomic E-state index is 0.352. The third-order valence-corrected chi connectivity index (χ3v) is 4.55. The predicted molar refractivity (Wildman–Crippen MR) is 80.2 cm³/mol. The van der Waals surface area contributed by atoms with E-state index in [1.165, 1.54) is 4.90 Å². The summed E-state index contributed by atoms with van der Waals surface area (Å²) >= 11 is 1.74. The van der Waals surface area contributed by atoms with Gasteiger partial charge in [-0.05, 0) is 24.1 Å². The summed E-state index contributed by atoms with van der Waals surface area (Å²) in [6, 6.07) is 9.98. The second-order valence-corrected chi connectivity index (χ2v) is 5.85. The average Bonchev–Trinajstić information content (AvgIpc) is 2.46. The second-order valence-electron chi connectivity index (χ2n) is 4.83. The van der Waals surface area contributed by atoms with Gasteiger partial charge in [-0.25, -0.2) is 4.79 Å². The zero-order valence-electron chi connectivity index (χ0n) is 11.2. The molecular weight excluding hydrogens is 270 g/mol. The van der Waals surface area contributed by atoms with E-state index in [0.29, 0.717) is 17.7 Å². The highest BCUT2D eigenvalue weighted by Crippen LogP contribution is 2.40. The Labute approximate surface area is 122 Å². The number of carbonyl (C=O) groups is 1. The molecular formula is C16H15NO2S. The molecule has 0 amide bonds. The SMILES string of the molecule is CCCc1nc2c(cc1C(=O)O)CSc1ccccc1-2. The summed E-state index contributed by atoms with van der Waals surface area (Å²) in [7, 11) is 0. The number of aromatic carboxylic acids is 1. The van der Waals surface area contributed by atoms with Crippen molar-refractivity contribution in [1.29, 1.82) is 0 Å². The van der Waals surface area contributed by atoms with Crippen molar-refractivity contribution in [3.05, 3.63) is 47.2 Å². The maximum Gasteiger partial charge on any atom is 0.337 e. The number of carboxylic acid groups (broad SMARTS) is 1. The zero-order valence-corrected chi connectivity index (χ0v) is 12.0. The van der Waals surface area contributed by atoms with Gasteiger partial charge in [-0.2, -0.15) is 0 Å². The number of hydrogen-bond acceptors (Lipinski definition) is 3. The first-order chi connectivity index (χ1) is 9.70. The molecule has 0 unspecified atom stereocenters. The van der Waals surface area contributed by atoms with Gasteiger partial charge in [0.25, 0.3) is 0 Å². The Bertz CT molecular complexity index is 682. The summed E-state index contributed by atoms with van der Waals surface area (Å²) in [5.41, 5.74) is 4.14. The van der Waals surface area contributed by atoms with Crippen LogP contribution in [0.2, 0.25) is 0 Å². The minimum atomic E-state index is -0.882. The van der Waals surface area contributed by atoms with E-state index in [1.54, 1.807) is 17.8 Å². The third-order valence-electron chi connectivity index (χ3n) is 3.42. The van der Waals surface area contributed by atoms with E-state index < -0.39 is 5.97 Å². The van der Waals surface area contributed by atoms with E-state index in [-0.39, 0.29) is 0 Å². The molecule has 1 aromatic carbocycles. The average molecular weight is 285 g/mol. The molecule has 102 valence electrons. The van der Waals surface area contributed by atoms with Crippen LogP contribution >= 0.6 is 11.8 Å². The van der Waals surface area contributed by atoms with Gasteiger partial charge in [-0.3, -0.25) is 4.98 Å². The van der Waals surface area contributed by atoms with Crippen molar-refractivity contribution in [1.82, 2.24) is 4.98 Å². The van der Waals surface area contributed by atoms with Gasteiger partial charge < -0.3 is 5.11 Å². The number of rotatable bonds is 3. The molecule has 1 aliphatic heterocycles. The molecule has 1 aromatic heterocycles. The van der Waals surface area contributed by atoms with Crippen LogP contribution in [0.25, 0.3) is 11.3 Å².